The van der Waals surface area contributed by atoms with E-state index in [0.717, 1.165) is 51.3 Å². The molecule has 1 heterocycles. The van der Waals surface area contributed by atoms with Crippen LogP contribution in [0.15, 0.2) is 18.2 Å². The van der Waals surface area contributed by atoms with E-state index in [9.17, 15) is 0 Å². The number of nitrogens with zero attached hydrogens (tertiary/aromatic N) is 1. The minimum atomic E-state index is 0.892. The van der Waals surface area contributed by atoms with Gasteiger partial charge < -0.3 is 9.47 Å². The van der Waals surface area contributed by atoms with Gasteiger partial charge in [-0.25, -0.2) is 0 Å². The van der Waals surface area contributed by atoms with E-state index in [1.807, 2.05) is 0 Å². The van der Waals surface area contributed by atoms with Crippen molar-refractivity contribution in [1.29, 1.82) is 0 Å². The highest BCUT2D eigenvalue weighted by atomic mass is 16.5. The first-order chi connectivity index (χ1) is 9.83. The van der Waals surface area contributed by atoms with Gasteiger partial charge in [0.2, 0.25) is 0 Å². The highest BCUT2D eigenvalue weighted by Crippen LogP contribution is 2.22. The van der Waals surface area contributed by atoms with Crippen LogP contribution in [0.25, 0.3) is 0 Å². The Bertz CT molecular complexity index is 400. The largest absolute Gasteiger partial charge is 0.496 e. The van der Waals surface area contributed by atoms with E-state index in [1.165, 1.54) is 24.1 Å². The number of hydrogen-bond acceptors (Lipinski definition) is 3. The van der Waals surface area contributed by atoms with Gasteiger partial charge in [-0.1, -0.05) is 25.5 Å². The molecule has 0 N–H and O–H groups in total. The smallest absolute Gasteiger partial charge is 0.122 e. The third-order valence-electron chi connectivity index (χ3n) is 3.91. The number of ether oxygens (including phenoxy) is 2. The fourth-order valence-electron chi connectivity index (χ4n) is 2.78. The zero-order chi connectivity index (χ0) is 14.2. The number of morpholine rings is 1. The van der Waals surface area contributed by atoms with Crippen LogP contribution in [-0.4, -0.2) is 44.9 Å². The predicted octanol–water partition coefficient (Wildman–Crippen LogP) is 2.91. The third kappa shape index (κ3) is 4.50. The molecule has 0 aromatic heterocycles. The second kappa shape index (κ2) is 8.28. The van der Waals surface area contributed by atoms with Gasteiger partial charge in [-0.2, -0.15) is 0 Å². The molecule has 2 rings (SSSR count). The number of hydrogen-bond donors (Lipinski definition) is 0. The first-order valence-corrected chi connectivity index (χ1v) is 7.79. The molecule has 1 aromatic rings. The summed E-state index contributed by atoms with van der Waals surface area (Å²) in [6, 6.07) is 6.65. The second-order valence-corrected chi connectivity index (χ2v) is 5.45. The lowest BCUT2D eigenvalue weighted by Crippen LogP contribution is -2.36. The summed E-state index contributed by atoms with van der Waals surface area (Å²) in [6.07, 6.45) is 4.63. The minimum Gasteiger partial charge on any atom is -0.496 e. The van der Waals surface area contributed by atoms with Crippen molar-refractivity contribution in [2.45, 2.75) is 32.6 Å². The zero-order valence-electron chi connectivity index (χ0n) is 12.9. The normalized spacial score (nSPS) is 16.3. The van der Waals surface area contributed by atoms with Crippen LogP contribution in [0.1, 0.15) is 30.9 Å². The van der Waals surface area contributed by atoms with E-state index < -0.39 is 0 Å². The van der Waals surface area contributed by atoms with Crippen LogP contribution in [-0.2, 0) is 17.6 Å². The molecular weight excluding hydrogens is 250 g/mol. The molecule has 3 nitrogen and oxygen atoms in total. The Balaban J connectivity index is 1.84. The standard InChI is InChI=1S/C17H27NO2/c1-3-5-16-14-15(7-8-17(16)19-2)6-4-9-18-10-12-20-13-11-18/h7-8,14H,3-6,9-13H2,1-2H3. The van der Waals surface area contributed by atoms with Gasteiger partial charge in [0, 0.05) is 13.1 Å². The van der Waals surface area contributed by atoms with Crippen molar-refractivity contribution < 1.29 is 9.47 Å². The van der Waals surface area contributed by atoms with Crippen LogP contribution in [0.2, 0.25) is 0 Å². The molecule has 0 amide bonds. The summed E-state index contributed by atoms with van der Waals surface area (Å²) in [6.45, 7) is 7.35. The zero-order valence-corrected chi connectivity index (χ0v) is 12.9. The Morgan fingerprint density at radius 2 is 2.00 bits per heavy atom. The molecule has 1 aromatic carbocycles. The Hall–Kier alpha value is -1.06. The minimum absolute atomic E-state index is 0.892. The summed E-state index contributed by atoms with van der Waals surface area (Å²) in [4.78, 5) is 2.50. The van der Waals surface area contributed by atoms with Gasteiger partial charge in [-0.15, -0.1) is 0 Å². The maximum atomic E-state index is 5.43. The molecule has 1 saturated heterocycles. The number of benzene rings is 1. The molecule has 1 aliphatic heterocycles. The van der Waals surface area contributed by atoms with Crippen molar-refractivity contribution in [3.63, 3.8) is 0 Å². The molecule has 0 saturated carbocycles. The van der Waals surface area contributed by atoms with Gasteiger partial charge in [-0.3, -0.25) is 4.90 Å². The van der Waals surface area contributed by atoms with Gasteiger partial charge in [0.25, 0.3) is 0 Å². The molecule has 112 valence electrons. The molecule has 0 unspecified atom stereocenters. The second-order valence-electron chi connectivity index (χ2n) is 5.45. The first kappa shape index (κ1) is 15.3. The number of rotatable bonds is 7. The Labute approximate surface area is 122 Å². The summed E-state index contributed by atoms with van der Waals surface area (Å²) in [5, 5.41) is 0. The summed E-state index contributed by atoms with van der Waals surface area (Å²) in [5.41, 5.74) is 2.78. The van der Waals surface area contributed by atoms with Crippen LogP contribution < -0.4 is 4.74 Å². The first-order valence-electron chi connectivity index (χ1n) is 7.79. The van der Waals surface area contributed by atoms with Gasteiger partial charge in [0.05, 0.1) is 20.3 Å². The molecule has 3 heteroatoms. The van der Waals surface area contributed by atoms with Crippen molar-refractivity contribution >= 4 is 0 Å². The van der Waals surface area contributed by atoms with Gasteiger partial charge in [0.1, 0.15) is 5.75 Å². The molecule has 1 fully saturated rings. The average molecular weight is 277 g/mol. The van der Waals surface area contributed by atoms with Crippen molar-refractivity contribution in [2.75, 3.05) is 40.0 Å². The van der Waals surface area contributed by atoms with Gasteiger partial charge in [-0.05, 0) is 43.0 Å². The van der Waals surface area contributed by atoms with E-state index in [4.69, 9.17) is 9.47 Å². The Kier molecular flexibility index (Phi) is 6.34. The molecule has 20 heavy (non-hydrogen) atoms. The van der Waals surface area contributed by atoms with E-state index in [1.54, 1.807) is 7.11 Å². The maximum Gasteiger partial charge on any atom is 0.122 e. The van der Waals surface area contributed by atoms with Crippen molar-refractivity contribution in [1.82, 2.24) is 4.90 Å². The lowest BCUT2D eigenvalue weighted by atomic mass is 10.0. The van der Waals surface area contributed by atoms with Crippen molar-refractivity contribution in [2.24, 2.45) is 0 Å². The third-order valence-corrected chi connectivity index (χ3v) is 3.91. The topological polar surface area (TPSA) is 21.7 Å². The highest BCUT2D eigenvalue weighted by molar-refractivity contribution is 5.37. The molecular formula is C17H27NO2. The number of aryl methyl sites for hydroxylation is 2. The molecule has 0 radical (unpaired) electrons. The Morgan fingerprint density at radius 3 is 2.70 bits per heavy atom. The number of methoxy groups -OCH3 is 1. The summed E-state index contributed by atoms with van der Waals surface area (Å²) in [5.74, 6) is 1.03. The van der Waals surface area contributed by atoms with E-state index in [2.05, 4.69) is 30.0 Å². The van der Waals surface area contributed by atoms with Crippen molar-refractivity contribution in [3.8, 4) is 5.75 Å². The van der Waals surface area contributed by atoms with E-state index in [-0.39, 0.29) is 0 Å². The van der Waals surface area contributed by atoms with Gasteiger partial charge in [0.15, 0.2) is 0 Å². The SMILES string of the molecule is CCCc1cc(CCCN2CCOCC2)ccc1OC. The van der Waals surface area contributed by atoms with Crippen LogP contribution >= 0.6 is 0 Å². The summed E-state index contributed by atoms with van der Waals surface area (Å²) >= 11 is 0. The average Bonchev–Trinajstić information content (AvgIpc) is 2.49. The highest BCUT2D eigenvalue weighted by Gasteiger charge is 2.10. The van der Waals surface area contributed by atoms with E-state index in [0.29, 0.717) is 0 Å². The summed E-state index contributed by atoms with van der Waals surface area (Å²) in [7, 11) is 1.76. The quantitative estimate of drug-likeness (QED) is 0.765. The molecule has 0 bridgehead atoms. The summed E-state index contributed by atoms with van der Waals surface area (Å²) < 4.78 is 10.8. The van der Waals surface area contributed by atoms with Gasteiger partial charge >= 0.3 is 0 Å². The molecule has 0 spiro atoms. The predicted molar refractivity (Wildman–Crippen MR) is 82.6 cm³/mol. The van der Waals surface area contributed by atoms with Crippen LogP contribution in [0, 0.1) is 0 Å². The molecule has 0 atom stereocenters. The maximum absolute atomic E-state index is 5.43. The van der Waals surface area contributed by atoms with Crippen LogP contribution in [0.3, 0.4) is 0 Å². The van der Waals surface area contributed by atoms with Crippen molar-refractivity contribution in [3.05, 3.63) is 29.3 Å². The monoisotopic (exact) mass is 277 g/mol. The fraction of sp³-hybridized carbons (Fsp3) is 0.647. The molecule has 1 aliphatic rings. The molecule has 0 aliphatic carbocycles. The van der Waals surface area contributed by atoms with Crippen LogP contribution in [0.5, 0.6) is 5.75 Å². The lowest BCUT2D eigenvalue weighted by Gasteiger charge is -2.26. The lowest BCUT2D eigenvalue weighted by molar-refractivity contribution is 0.0374. The Morgan fingerprint density at radius 1 is 1.20 bits per heavy atom. The fourth-order valence-corrected chi connectivity index (χ4v) is 2.78. The van der Waals surface area contributed by atoms with E-state index >= 15 is 0 Å². The van der Waals surface area contributed by atoms with Crippen LogP contribution in [0.4, 0.5) is 0 Å².